The Labute approximate surface area is 148 Å². The fourth-order valence-electron chi connectivity index (χ4n) is 3.31. The summed E-state index contributed by atoms with van der Waals surface area (Å²) in [5, 5.41) is 13.0. The van der Waals surface area contributed by atoms with Gasteiger partial charge < -0.3 is 9.88 Å². The van der Waals surface area contributed by atoms with E-state index in [1.165, 1.54) is 12.1 Å². The number of hydrogen-bond donors (Lipinski definition) is 1. The van der Waals surface area contributed by atoms with E-state index >= 15 is 0 Å². The summed E-state index contributed by atoms with van der Waals surface area (Å²) in [6.07, 6.45) is 0.803. The number of carbonyl (C=O) groups excluding carboxylic acids is 1. The van der Waals surface area contributed by atoms with Crippen LogP contribution in [-0.2, 0) is 6.54 Å². The van der Waals surface area contributed by atoms with Crippen LogP contribution >= 0.6 is 11.6 Å². The number of nitrogens with zero attached hydrogens (tertiary/aromatic N) is 2. The van der Waals surface area contributed by atoms with Crippen molar-refractivity contribution < 1.29 is 9.18 Å². The van der Waals surface area contributed by atoms with Crippen molar-refractivity contribution in [2.75, 3.05) is 6.54 Å². The van der Waals surface area contributed by atoms with Crippen molar-refractivity contribution in [3.8, 4) is 17.2 Å². The molecule has 2 heterocycles. The first-order chi connectivity index (χ1) is 12.1. The Morgan fingerprint density at radius 3 is 2.84 bits per heavy atom. The Balaban J connectivity index is 2.07. The lowest BCUT2D eigenvalue weighted by Crippen LogP contribution is -2.22. The molecule has 0 saturated heterocycles. The quantitative estimate of drug-likeness (QED) is 0.715. The summed E-state index contributed by atoms with van der Waals surface area (Å²) in [5.41, 5.74) is 3.17. The molecule has 0 spiro atoms. The topological polar surface area (TPSA) is 57.8 Å². The lowest BCUT2D eigenvalue weighted by Gasteiger charge is -2.11. The molecule has 6 heteroatoms. The minimum absolute atomic E-state index is 0.0461. The minimum Gasteiger partial charge on any atom is -0.351 e. The smallest absolute Gasteiger partial charge is 0.267 e. The highest BCUT2D eigenvalue weighted by Crippen LogP contribution is 2.34. The summed E-state index contributed by atoms with van der Waals surface area (Å²) in [6.45, 7) is 1.29. The maximum Gasteiger partial charge on any atom is 0.267 e. The Hall–Kier alpha value is -2.84. The highest BCUT2D eigenvalue weighted by Gasteiger charge is 2.21. The third-order valence-electron chi connectivity index (χ3n) is 4.43. The van der Waals surface area contributed by atoms with E-state index < -0.39 is 5.82 Å². The maximum atomic E-state index is 14.0. The number of nitriles is 1. The van der Waals surface area contributed by atoms with Gasteiger partial charge in [0.15, 0.2) is 0 Å². The van der Waals surface area contributed by atoms with Crippen LogP contribution < -0.4 is 5.32 Å². The second-order valence-corrected chi connectivity index (χ2v) is 6.40. The lowest BCUT2D eigenvalue weighted by molar-refractivity contribution is 0.0951. The Morgan fingerprint density at radius 2 is 2.08 bits per heavy atom. The number of rotatable bonds is 1. The molecule has 2 aromatic carbocycles. The number of benzene rings is 2. The Morgan fingerprint density at radius 1 is 1.24 bits per heavy atom. The first-order valence-corrected chi connectivity index (χ1v) is 8.27. The number of aryl methyl sites for hydroxylation is 1. The first kappa shape index (κ1) is 15.7. The number of carbonyl (C=O) groups is 1. The van der Waals surface area contributed by atoms with Gasteiger partial charge in [0.25, 0.3) is 5.91 Å². The van der Waals surface area contributed by atoms with E-state index in [1.54, 1.807) is 24.3 Å². The summed E-state index contributed by atoms with van der Waals surface area (Å²) >= 11 is 5.79. The number of hydrogen-bond acceptors (Lipinski definition) is 2. The molecule has 0 unspecified atom stereocenters. The number of fused-ring (bicyclic) bond motifs is 3. The number of nitrogens with one attached hydrogen (secondary N) is 1. The predicted octanol–water partition coefficient (Wildman–Crippen LogP) is 4.11. The fraction of sp³-hybridized carbons (Fsp3) is 0.158. The van der Waals surface area contributed by atoms with Gasteiger partial charge >= 0.3 is 0 Å². The van der Waals surface area contributed by atoms with Crippen LogP contribution in [0.2, 0.25) is 5.02 Å². The summed E-state index contributed by atoms with van der Waals surface area (Å²) in [5.74, 6) is -0.657. The van der Waals surface area contributed by atoms with Crippen molar-refractivity contribution in [1.82, 2.24) is 9.88 Å². The largest absolute Gasteiger partial charge is 0.351 e. The molecule has 1 amide bonds. The molecule has 1 aliphatic heterocycles. The van der Waals surface area contributed by atoms with E-state index in [2.05, 4.69) is 11.4 Å². The van der Waals surface area contributed by atoms with Crippen molar-refractivity contribution in [2.45, 2.75) is 13.0 Å². The van der Waals surface area contributed by atoms with Crippen LogP contribution in [0.15, 0.2) is 36.4 Å². The Kier molecular flexibility index (Phi) is 3.70. The summed E-state index contributed by atoms with van der Waals surface area (Å²) in [6, 6.07) is 12.0. The average Bonchev–Trinajstić information content (AvgIpc) is 2.89. The number of halogens is 2. The Bertz CT molecular complexity index is 1060. The minimum atomic E-state index is -0.518. The molecule has 124 valence electrons. The van der Waals surface area contributed by atoms with Crippen molar-refractivity contribution in [3.05, 3.63) is 58.5 Å². The standard InChI is InChI=1S/C19H13ClFN3O/c20-15-3-2-12(8-16(15)21)14-7-11(10-22)6-13-9-17-19(25)23-4-1-5-24(17)18(13)14/h2-3,6-9H,1,4-5H2,(H,23,25). The van der Waals surface area contributed by atoms with Gasteiger partial charge in [-0.15, -0.1) is 0 Å². The summed E-state index contributed by atoms with van der Waals surface area (Å²) in [7, 11) is 0. The van der Waals surface area contributed by atoms with Gasteiger partial charge in [0, 0.05) is 24.0 Å². The molecule has 1 aliphatic rings. The highest BCUT2D eigenvalue weighted by molar-refractivity contribution is 6.30. The van der Waals surface area contributed by atoms with Gasteiger partial charge in [0.1, 0.15) is 11.5 Å². The zero-order valence-corrected chi connectivity index (χ0v) is 13.9. The van der Waals surface area contributed by atoms with Crippen LogP contribution in [0.25, 0.3) is 22.0 Å². The van der Waals surface area contributed by atoms with Gasteiger partial charge in [-0.05, 0) is 42.3 Å². The van der Waals surface area contributed by atoms with E-state index in [4.69, 9.17) is 11.6 Å². The second-order valence-electron chi connectivity index (χ2n) is 5.99. The van der Waals surface area contributed by atoms with Crippen molar-refractivity contribution >= 4 is 28.4 Å². The van der Waals surface area contributed by atoms with E-state index in [1.807, 2.05) is 4.57 Å². The molecular formula is C19H13ClFN3O. The third kappa shape index (κ3) is 2.55. The van der Waals surface area contributed by atoms with Gasteiger partial charge in [0.2, 0.25) is 0 Å². The van der Waals surface area contributed by atoms with E-state index in [-0.39, 0.29) is 10.9 Å². The van der Waals surface area contributed by atoms with Crippen molar-refractivity contribution in [2.24, 2.45) is 0 Å². The van der Waals surface area contributed by atoms with Crippen LogP contribution in [0.5, 0.6) is 0 Å². The van der Waals surface area contributed by atoms with Crippen molar-refractivity contribution in [1.29, 1.82) is 5.26 Å². The molecule has 0 radical (unpaired) electrons. The molecule has 0 bridgehead atoms. The summed E-state index contributed by atoms with van der Waals surface area (Å²) in [4.78, 5) is 12.3. The second kappa shape index (κ2) is 5.91. The van der Waals surface area contributed by atoms with Crippen molar-refractivity contribution in [3.63, 3.8) is 0 Å². The van der Waals surface area contributed by atoms with Gasteiger partial charge in [-0.1, -0.05) is 17.7 Å². The molecule has 0 aliphatic carbocycles. The van der Waals surface area contributed by atoms with Crippen LogP contribution in [0.4, 0.5) is 4.39 Å². The highest BCUT2D eigenvalue weighted by atomic mass is 35.5. The molecule has 3 aromatic rings. The van der Waals surface area contributed by atoms with Crippen LogP contribution in [0, 0.1) is 17.1 Å². The van der Waals surface area contributed by atoms with E-state index in [0.29, 0.717) is 35.5 Å². The van der Waals surface area contributed by atoms with Gasteiger partial charge in [0.05, 0.1) is 22.2 Å². The first-order valence-electron chi connectivity index (χ1n) is 7.89. The molecule has 1 N–H and O–H groups in total. The monoisotopic (exact) mass is 353 g/mol. The van der Waals surface area contributed by atoms with Gasteiger partial charge in [-0.25, -0.2) is 4.39 Å². The molecule has 4 rings (SSSR count). The molecule has 4 nitrogen and oxygen atoms in total. The zero-order chi connectivity index (χ0) is 17.6. The normalized spacial score (nSPS) is 13.9. The molecular weight excluding hydrogens is 341 g/mol. The van der Waals surface area contributed by atoms with Crippen LogP contribution in [0.3, 0.4) is 0 Å². The van der Waals surface area contributed by atoms with Crippen LogP contribution in [-0.4, -0.2) is 17.0 Å². The van der Waals surface area contributed by atoms with Gasteiger partial charge in [-0.2, -0.15) is 5.26 Å². The average molecular weight is 354 g/mol. The molecule has 0 atom stereocenters. The molecule has 0 fully saturated rings. The zero-order valence-electron chi connectivity index (χ0n) is 13.1. The molecule has 25 heavy (non-hydrogen) atoms. The van der Waals surface area contributed by atoms with E-state index in [0.717, 1.165) is 17.3 Å². The van der Waals surface area contributed by atoms with Crippen LogP contribution in [0.1, 0.15) is 22.5 Å². The summed E-state index contributed by atoms with van der Waals surface area (Å²) < 4.78 is 15.9. The third-order valence-corrected chi connectivity index (χ3v) is 4.74. The molecule has 1 aromatic heterocycles. The maximum absolute atomic E-state index is 14.0. The SMILES string of the molecule is N#Cc1cc(-c2ccc(Cl)c(F)c2)c2c(c1)cc1n2CCCNC1=O. The predicted molar refractivity (Wildman–Crippen MR) is 94.0 cm³/mol. The molecule has 0 saturated carbocycles. The van der Waals surface area contributed by atoms with Gasteiger partial charge in [-0.3, -0.25) is 4.79 Å². The number of aromatic nitrogens is 1. The van der Waals surface area contributed by atoms with E-state index in [9.17, 15) is 14.4 Å². The lowest BCUT2D eigenvalue weighted by atomic mass is 10.00. The number of amides is 1. The fourth-order valence-corrected chi connectivity index (χ4v) is 3.43.